The molecule has 2 aromatic carbocycles. The summed E-state index contributed by atoms with van der Waals surface area (Å²) in [4.78, 5) is 11.8. The summed E-state index contributed by atoms with van der Waals surface area (Å²) in [5.41, 5.74) is 4.10. The van der Waals surface area contributed by atoms with Gasteiger partial charge in [-0.1, -0.05) is 18.2 Å². The topological polar surface area (TPSA) is 42.2 Å². The van der Waals surface area contributed by atoms with Crippen LogP contribution in [0.5, 0.6) is 0 Å². The maximum Gasteiger partial charge on any atom is 0.336 e. The molecule has 0 radical (unpaired) electrons. The lowest BCUT2D eigenvalue weighted by Gasteiger charge is -2.10. The highest BCUT2D eigenvalue weighted by Crippen LogP contribution is 2.21. The summed E-state index contributed by atoms with van der Waals surface area (Å²) in [5.74, 6) is -0.184. The molecule has 24 heavy (non-hydrogen) atoms. The van der Waals surface area contributed by atoms with Gasteiger partial charge in [0.25, 0.3) is 0 Å². The number of aryl methyl sites for hydroxylation is 2. The van der Waals surface area contributed by atoms with E-state index in [1.807, 2.05) is 32.0 Å². The zero-order valence-electron chi connectivity index (χ0n) is 13.9. The van der Waals surface area contributed by atoms with Crippen molar-refractivity contribution < 1.29 is 8.81 Å². The first-order chi connectivity index (χ1) is 11.5. The molecule has 3 rings (SSSR count). The molecule has 1 N–H and O–H groups in total. The standard InChI is InChI=1S/C20H20FNO2/c1-13-9-17-16(11-20(23)24-19(17)10-14(13)2)12-22-8-7-15-5-3-4-6-18(15)21/h3-6,9-11,22H,7-8,12H2,1-2H3. The summed E-state index contributed by atoms with van der Waals surface area (Å²) in [6, 6.07) is 12.2. The van der Waals surface area contributed by atoms with Crippen LogP contribution in [0.25, 0.3) is 11.0 Å². The quantitative estimate of drug-likeness (QED) is 0.572. The number of halogens is 1. The zero-order valence-corrected chi connectivity index (χ0v) is 13.9. The van der Waals surface area contributed by atoms with Crippen LogP contribution in [0.1, 0.15) is 22.3 Å². The summed E-state index contributed by atoms with van der Waals surface area (Å²) >= 11 is 0. The number of nitrogens with one attached hydrogen (secondary N) is 1. The van der Waals surface area contributed by atoms with Crippen LogP contribution in [0, 0.1) is 19.7 Å². The maximum absolute atomic E-state index is 13.6. The van der Waals surface area contributed by atoms with Gasteiger partial charge in [0.05, 0.1) is 0 Å². The molecule has 4 heteroatoms. The van der Waals surface area contributed by atoms with Crippen molar-refractivity contribution in [3.63, 3.8) is 0 Å². The highest BCUT2D eigenvalue weighted by atomic mass is 19.1. The molecule has 124 valence electrons. The van der Waals surface area contributed by atoms with Crippen LogP contribution in [0.15, 0.2) is 51.7 Å². The normalized spacial score (nSPS) is 11.1. The zero-order chi connectivity index (χ0) is 17.1. The predicted molar refractivity (Wildman–Crippen MR) is 93.8 cm³/mol. The van der Waals surface area contributed by atoms with Crippen LogP contribution in [-0.4, -0.2) is 6.54 Å². The SMILES string of the molecule is Cc1cc2oc(=O)cc(CNCCc3ccccc3F)c2cc1C. The minimum Gasteiger partial charge on any atom is -0.423 e. The molecule has 0 amide bonds. The maximum atomic E-state index is 13.6. The molecule has 0 saturated heterocycles. The molecular weight excluding hydrogens is 305 g/mol. The lowest BCUT2D eigenvalue weighted by atomic mass is 10.0. The fraction of sp³-hybridized carbons (Fsp3) is 0.250. The van der Waals surface area contributed by atoms with E-state index in [2.05, 4.69) is 5.32 Å². The van der Waals surface area contributed by atoms with Gasteiger partial charge in [0.2, 0.25) is 0 Å². The Hall–Kier alpha value is -2.46. The molecular formula is C20H20FNO2. The molecule has 0 aliphatic heterocycles. The van der Waals surface area contributed by atoms with Crippen molar-refractivity contribution in [2.75, 3.05) is 6.54 Å². The molecule has 1 aromatic heterocycles. The van der Waals surface area contributed by atoms with E-state index < -0.39 is 0 Å². The number of fused-ring (bicyclic) bond motifs is 1. The number of hydrogen-bond donors (Lipinski definition) is 1. The molecule has 0 unspecified atom stereocenters. The smallest absolute Gasteiger partial charge is 0.336 e. The van der Waals surface area contributed by atoms with E-state index in [0.29, 0.717) is 30.7 Å². The van der Waals surface area contributed by atoms with Gasteiger partial charge in [0.15, 0.2) is 0 Å². The largest absolute Gasteiger partial charge is 0.423 e. The second kappa shape index (κ2) is 6.97. The van der Waals surface area contributed by atoms with Crippen molar-refractivity contribution in [2.24, 2.45) is 0 Å². The molecule has 0 spiro atoms. The van der Waals surface area contributed by atoms with Gasteiger partial charge in [-0.15, -0.1) is 0 Å². The molecule has 0 aliphatic rings. The van der Waals surface area contributed by atoms with Gasteiger partial charge < -0.3 is 9.73 Å². The van der Waals surface area contributed by atoms with Crippen LogP contribution in [0.4, 0.5) is 4.39 Å². The van der Waals surface area contributed by atoms with E-state index in [4.69, 9.17) is 4.42 Å². The van der Waals surface area contributed by atoms with Crippen molar-refractivity contribution in [3.05, 3.63) is 81.0 Å². The minimum absolute atomic E-state index is 0.184. The Morgan fingerprint density at radius 1 is 1.04 bits per heavy atom. The van der Waals surface area contributed by atoms with E-state index in [-0.39, 0.29) is 11.4 Å². The first-order valence-corrected chi connectivity index (χ1v) is 8.02. The number of benzene rings is 2. The molecule has 0 bridgehead atoms. The Balaban J connectivity index is 1.74. The third-order valence-corrected chi connectivity index (χ3v) is 4.29. The molecule has 0 aliphatic carbocycles. The van der Waals surface area contributed by atoms with Gasteiger partial charge >= 0.3 is 5.63 Å². The number of hydrogen-bond acceptors (Lipinski definition) is 3. The molecule has 0 atom stereocenters. The highest BCUT2D eigenvalue weighted by Gasteiger charge is 2.08. The number of rotatable bonds is 5. The van der Waals surface area contributed by atoms with Crippen LogP contribution < -0.4 is 10.9 Å². The predicted octanol–water partition coefficient (Wildman–Crippen LogP) is 3.88. The second-order valence-electron chi connectivity index (χ2n) is 6.04. The lowest BCUT2D eigenvalue weighted by molar-refractivity contribution is 0.556. The Morgan fingerprint density at radius 2 is 1.79 bits per heavy atom. The molecule has 0 fully saturated rings. The van der Waals surface area contributed by atoms with Crippen molar-refractivity contribution in [1.82, 2.24) is 5.32 Å². The Morgan fingerprint density at radius 3 is 2.58 bits per heavy atom. The van der Waals surface area contributed by atoms with Gasteiger partial charge in [-0.25, -0.2) is 9.18 Å². The van der Waals surface area contributed by atoms with Gasteiger partial charge in [0, 0.05) is 18.0 Å². The van der Waals surface area contributed by atoms with Crippen LogP contribution >= 0.6 is 0 Å². The average Bonchev–Trinajstić information content (AvgIpc) is 2.54. The Labute approximate surface area is 140 Å². The highest BCUT2D eigenvalue weighted by molar-refractivity contribution is 5.81. The van der Waals surface area contributed by atoms with E-state index in [0.717, 1.165) is 22.1 Å². The summed E-state index contributed by atoms with van der Waals surface area (Å²) < 4.78 is 18.9. The molecule has 3 aromatic rings. The summed E-state index contributed by atoms with van der Waals surface area (Å²) in [6.45, 7) is 5.20. The van der Waals surface area contributed by atoms with Crippen molar-refractivity contribution in [1.29, 1.82) is 0 Å². The summed E-state index contributed by atoms with van der Waals surface area (Å²) in [7, 11) is 0. The monoisotopic (exact) mass is 325 g/mol. The van der Waals surface area contributed by atoms with Gasteiger partial charge in [-0.2, -0.15) is 0 Å². The van der Waals surface area contributed by atoms with Crippen LogP contribution in [-0.2, 0) is 13.0 Å². The van der Waals surface area contributed by atoms with Gasteiger partial charge in [-0.3, -0.25) is 0 Å². The van der Waals surface area contributed by atoms with Crippen LogP contribution in [0.3, 0.4) is 0 Å². The van der Waals surface area contributed by atoms with Crippen molar-refractivity contribution in [2.45, 2.75) is 26.8 Å². The average molecular weight is 325 g/mol. The van der Waals surface area contributed by atoms with Crippen LogP contribution in [0.2, 0.25) is 0 Å². The van der Waals surface area contributed by atoms with E-state index in [1.54, 1.807) is 12.1 Å². The van der Waals surface area contributed by atoms with Crippen molar-refractivity contribution >= 4 is 11.0 Å². The van der Waals surface area contributed by atoms with Crippen molar-refractivity contribution in [3.8, 4) is 0 Å². The molecule has 3 nitrogen and oxygen atoms in total. The fourth-order valence-corrected chi connectivity index (χ4v) is 2.78. The first-order valence-electron chi connectivity index (χ1n) is 8.02. The van der Waals surface area contributed by atoms with E-state index in [9.17, 15) is 9.18 Å². The van der Waals surface area contributed by atoms with Gasteiger partial charge in [-0.05, 0) is 67.3 Å². The van der Waals surface area contributed by atoms with E-state index in [1.165, 1.54) is 12.1 Å². The Kier molecular flexibility index (Phi) is 4.76. The minimum atomic E-state index is -0.350. The third kappa shape index (κ3) is 3.54. The fourth-order valence-electron chi connectivity index (χ4n) is 2.78. The third-order valence-electron chi connectivity index (χ3n) is 4.29. The summed E-state index contributed by atoms with van der Waals surface area (Å²) in [6.07, 6.45) is 0.601. The van der Waals surface area contributed by atoms with Gasteiger partial charge in [0.1, 0.15) is 11.4 Å². The first kappa shape index (κ1) is 16.4. The Bertz CT molecular complexity index is 931. The molecule has 1 heterocycles. The second-order valence-corrected chi connectivity index (χ2v) is 6.04. The molecule has 0 saturated carbocycles. The summed E-state index contributed by atoms with van der Waals surface area (Å²) in [5, 5.41) is 4.22. The van der Waals surface area contributed by atoms with E-state index >= 15 is 0 Å². The lowest BCUT2D eigenvalue weighted by Crippen LogP contribution is -2.18.